The van der Waals surface area contributed by atoms with Gasteiger partial charge in [-0.1, -0.05) is 26.7 Å². The van der Waals surface area contributed by atoms with Crippen LogP contribution < -0.4 is 0 Å². The molecule has 13 heavy (non-hydrogen) atoms. The predicted molar refractivity (Wildman–Crippen MR) is 58.9 cm³/mol. The fourth-order valence-electron chi connectivity index (χ4n) is 2.75. The van der Waals surface area contributed by atoms with E-state index in [4.69, 9.17) is 0 Å². The summed E-state index contributed by atoms with van der Waals surface area (Å²) in [6, 6.07) is 0.858. The van der Waals surface area contributed by atoms with Crippen molar-refractivity contribution >= 4 is 0 Å². The molecule has 0 aliphatic heterocycles. The van der Waals surface area contributed by atoms with Gasteiger partial charge in [0.25, 0.3) is 0 Å². The molecule has 0 spiro atoms. The quantitative estimate of drug-likeness (QED) is 0.649. The highest BCUT2D eigenvalue weighted by atomic mass is 15.1. The van der Waals surface area contributed by atoms with Crippen LogP contribution in [-0.2, 0) is 0 Å². The van der Waals surface area contributed by atoms with Gasteiger partial charge in [-0.2, -0.15) is 0 Å². The van der Waals surface area contributed by atoms with Gasteiger partial charge in [-0.25, -0.2) is 0 Å². The second-order valence-corrected chi connectivity index (χ2v) is 5.21. The third-order valence-electron chi connectivity index (χ3n) is 3.31. The molecular formula is C12H25N. The average Bonchev–Trinajstić information content (AvgIpc) is 2.03. The second-order valence-electron chi connectivity index (χ2n) is 5.21. The molecule has 1 aliphatic carbocycles. The Hall–Kier alpha value is -0.0400. The Kier molecular flexibility index (Phi) is 4.24. The van der Waals surface area contributed by atoms with Crippen LogP contribution in [0.1, 0.15) is 46.0 Å². The monoisotopic (exact) mass is 183 g/mol. The van der Waals surface area contributed by atoms with Crippen molar-refractivity contribution in [2.24, 2.45) is 11.8 Å². The van der Waals surface area contributed by atoms with Gasteiger partial charge in [0.1, 0.15) is 0 Å². The molecule has 78 valence electrons. The van der Waals surface area contributed by atoms with Gasteiger partial charge >= 0.3 is 0 Å². The summed E-state index contributed by atoms with van der Waals surface area (Å²) < 4.78 is 0. The van der Waals surface area contributed by atoms with E-state index in [1.54, 1.807) is 0 Å². The normalized spacial score (nSPS) is 30.0. The molecule has 2 atom stereocenters. The maximum absolute atomic E-state index is 2.44. The third-order valence-corrected chi connectivity index (χ3v) is 3.31. The molecule has 1 nitrogen and oxygen atoms in total. The summed E-state index contributed by atoms with van der Waals surface area (Å²) in [7, 11) is 4.48. The SMILES string of the molecule is CC(C)C[C@@H]1CCCC[C@H]1N(C)C. The van der Waals surface area contributed by atoms with Crippen LogP contribution in [0.3, 0.4) is 0 Å². The van der Waals surface area contributed by atoms with Crippen LogP contribution in [0.25, 0.3) is 0 Å². The maximum Gasteiger partial charge on any atom is 0.0117 e. The van der Waals surface area contributed by atoms with Gasteiger partial charge in [-0.3, -0.25) is 0 Å². The van der Waals surface area contributed by atoms with Crippen LogP contribution in [0.2, 0.25) is 0 Å². The maximum atomic E-state index is 2.44. The molecule has 1 rings (SSSR count). The van der Waals surface area contributed by atoms with E-state index in [1.165, 1.54) is 32.1 Å². The molecule has 1 heteroatoms. The van der Waals surface area contributed by atoms with Crippen molar-refractivity contribution in [3.8, 4) is 0 Å². The zero-order valence-electron chi connectivity index (χ0n) is 9.71. The van der Waals surface area contributed by atoms with E-state index in [1.807, 2.05) is 0 Å². The second kappa shape index (κ2) is 4.99. The van der Waals surface area contributed by atoms with Crippen molar-refractivity contribution in [2.45, 2.75) is 52.0 Å². The summed E-state index contributed by atoms with van der Waals surface area (Å²) >= 11 is 0. The zero-order valence-corrected chi connectivity index (χ0v) is 9.71. The highest BCUT2D eigenvalue weighted by Crippen LogP contribution is 2.31. The van der Waals surface area contributed by atoms with E-state index in [-0.39, 0.29) is 0 Å². The highest BCUT2D eigenvalue weighted by Gasteiger charge is 2.26. The van der Waals surface area contributed by atoms with Crippen molar-refractivity contribution in [3.63, 3.8) is 0 Å². The van der Waals surface area contributed by atoms with Crippen LogP contribution in [0.5, 0.6) is 0 Å². The minimum atomic E-state index is 0.858. The lowest BCUT2D eigenvalue weighted by Crippen LogP contribution is -2.38. The van der Waals surface area contributed by atoms with Crippen molar-refractivity contribution in [1.82, 2.24) is 4.90 Å². The number of hydrogen-bond acceptors (Lipinski definition) is 1. The van der Waals surface area contributed by atoms with Crippen LogP contribution in [-0.4, -0.2) is 25.0 Å². The van der Waals surface area contributed by atoms with E-state index in [0.717, 1.165) is 17.9 Å². The number of rotatable bonds is 3. The molecule has 1 aliphatic rings. The highest BCUT2D eigenvalue weighted by molar-refractivity contribution is 4.81. The Labute approximate surface area is 83.5 Å². The Morgan fingerprint density at radius 1 is 1.15 bits per heavy atom. The minimum Gasteiger partial charge on any atom is -0.306 e. The lowest BCUT2D eigenvalue weighted by molar-refractivity contribution is 0.137. The van der Waals surface area contributed by atoms with E-state index >= 15 is 0 Å². The van der Waals surface area contributed by atoms with E-state index in [2.05, 4.69) is 32.8 Å². The lowest BCUT2D eigenvalue weighted by atomic mass is 9.79. The Bertz CT molecular complexity index is 140. The fourth-order valence-corrected chi connectivity index (χ4v) is 2.75. The van der Waals surface area contributed by atoms with Crippen molar-refractivity contribution < 1.29 is 0 Å². The van der Waals surface area contributed by atoms with Gasteiger partial charge in [0.2, 0.25) is 0 Å². The largest absolute Gasteiger partial charge is 0.306 e. The summed E-state index contributed by atoms with van der Waals surface area (Å²) in [5.74, 6) is 1.83. The van der Waals surface area contributed by atoms with E-state index < -0.39 is 0 Å². The molecule has 0 radical (unpaired) electrons. The topological polar surface area (TPSA) is 3.24 Å². The average molecular weight is 183 g/mol. The van der Waals surface area contributed by atoms with Crippen LogP contribution in [0.15, 0.2) is 0 Å². The Morgan fingerprint density at radius 3 is 2.31 bits per heavy atom. The first-order valence-corrected chi connectivity index (χ1v) is 5.77. The Balaban J connectivity index is 2.46. The molecule has 1 saturated carbocycles. The van der Waals surface area contributed by atoms with E-state index in [9.17, 15) is 0 Å². The first-order valence-electron chi connectivity index (χ1n) is 5.77. The molecule has 0 aromatic heterocycles. The molecular weight excluding hydrogens is 158 g/mol. The molecule has 0 aromatic rings. The molecule has 1 fully saturated rings. The number of nitrogens with zero attached hydrogens (tertiary/aromatic N) is 1. The van der Waals surface area contributed by atoms with Gasteiger partial charge in [0.15, 0.2) is 0 Å². The standard InChI is InChI=1S/C12H25N/c1-10(2)9-11-7-5-6-8-12(11)13(3)4/h10-12H,5-9H2,1-4H3/t11-,12+/m0/s1. The fraction of sp³-hybridized carbons (Fsp3) is 1.00. The summed E-state index contributed by atoms with van der Waals surface area (Å²) in [5.41, 5.74) is 0. The molecule has 0 bridgehead atoms. The predicted octanol–water partition coefficient (Wildman–Crippen LogP) is 3.15. The summed E-state index contributed by atoms with van der Waals surface area (Å²) in [5, 5.41) is 0. The number of hydrogen-bond donors (Lipinski definition) is 0. The van der Waals surface area contributed by atoms with Gasteiger partial charge in [-0.15, -0.1) is 0 Å². The van der Waals surface area contributed by atoms with Crippen LogP contribution in [0.4, 0.5) is 0 Å². The summed E-state index contributed by atoms with van der Waals surface area (Å²) in [4.78, 5) is 2.44. The zero-order chi connectivity index (χ0) is 9.84. The molecule has 0 heterocycles. The van der Waals surface area contributed by atoms with Gasteiger partial charge in [0, 0.05) is 6.04 Å². The van der Waals surface area contributed by atoms with E-state index in [0.29, 0.717) is 0 Å². The smallest absolute Gasteiger partial charge is 0.0117 e. The minimum absolute atomic E-state index is 0.858. The van der Waals surface area contributed by atoms with Crippen molar-refractivity contribution in [1.29, 1.82) is 0 Å². The van der Waals surface area contributed by atoms with Gasteiger partial charge in [-0.05, 0) is 45.2 Å². The molecule has 0 amide bonds. The molecule has 0 unspecified atom stereocenters. The summed E-state index contributed by atoms with van der Waals surface area (Å²) in [6.45, 7) is 4.70. The first kappa shape index (κ1) is 11.0. The van der Waals surface area contributed by atoms with Crippen LogP contribution in [0, 0.1) is 11.8 Å². The lowest BCUT2D eigenvalue weighted by Gasteiger charge is -2.37. The van der Waals surface area contributed by atoms with Crippen molar-refractivity contribution in [2.75, 3.05) is 14.1 Å². The van der Waals surface area contributed by atoms with Crippen LogP contribution >= 0.6 is 0 Å². The van der Waals surface area contributed by atoms with Crippen molar-refractivity contribution in [3.05, 3.63) is 0 Å². The first-order chi connectivity index (χ1) is 6.11. The molecule has 0 aromatic carbocycles. The molecule has 0 saturated heterocycles. The van der Waals surface area contributed by atoms with Gasteiger partial charge in [0.05, 0.1) is 0 Å². The molecule has 0 N–H and O–H groups in total. The van der Waals surface area contributed by atoms with Gasteiger partial charge < -0.3 is 4.90 Å². The summed E-state index contributed by atoms with van der Waals surface area (Å²) in [6.07, 6.45) is 7.20. The Morgan fingerprint density at radius 2 is 1.77 bits per heavy atom. The third kappa shape index (κ3) is 3.30.